The molecule has 0 aromatic carbocycles. The average Bonchev–Trinajstić information content (AvgIpc) is 2.77. The van der Waals surface area contributed by atoms with Crippen LogP contribution in [0.5, 0.6) is 0 Å². The monoisotopic (exact) mass is 214 g/mol. The highest BCUT2D eigenvalue weighted by atomic mass is 15.1. The van der Waals surface area contributed by atoms with Gasteiger partial charge in [0.05, 0.1) is 0 Å². The Morgan fingerprint density at radius 1 is 0.933 bits per heavy atom. The Balaban J connectivity index is 0.000000442. The molecule has 2 aliphatic rings. The quantitative estimate of drug-likeness (QED) is 0.667. The second kappa shape index (κ2) is 8.12. The molecular formula is C13H30N2. The number of piperidine rings is 1. The predicted octanol–water partition coefficient (Wildman–Crippen LogP) is 2.89. The standard InChI is InChI=1S/C9H18N2.2C2H6/c1-11-7-4-9(5-8-11)3-2-6-10-9;2*1-2/h10H,2-8H2,1H3;2*1-2H3. The van der Waals surface area contributed by atoms with Crippen LogP contribution < -0.4 is 5.32 Å². The Bertz CT molecular complexity index is 129. The molecule has 2 rings (SSSR count). The SMILES string of the molecule is CC.CC.CN1CCC2(CCCN2)CC1. The van der Waals surface area contributed by atoms with E-state index in [0.29, 0.717) is 5.54 Å². The molecule has 0 radical (unpaired) electrons. The first-order valence-electron chi connectivity index (χ1n) is 6.74. The van der Waals surface area contributed by atoms with Crippen molar-refractivity contribution in [3.8, 4) is 0 Å². The number of hydrogen-bond donors (Lipinski definition) is 1. The zero-order valence-corrected chi connectivity index (χ0v) is 11.4. The van der Waals surface area contributed by atoms with Gasteiger partial charge in [0.25, 0.3) is 0 Å². The number of hydrogen-bond acceptors (Lipinski definition) is 2. The van der Waals surface area contributed by atoms with Crippen molar-refractivity contribution in [1.82, 2.24) is 10.2 Å². The molecule has 0 aromatic rings. The van der Waals surface area contributed by atoms with Crippen LogP contribution in [-0.4, -0.2) is 37.1 Å². The van der Waals surface area contributed by atoms with Crippen LogP contribution in [-0.2, 0) is 0 Å². The van der Waals surface area contributed by atoms with Gasteiger partial charge < -0.3 is 10.2 Å². The Labute approximate surface area is 96.4 Å². The molecule has 15 heavy (non-hydrogen) atoms. The second-order valence-corrected chi connectivity index (χ2v) is 4.11. The lowest BCUT2D eigenvalue weighted by atomic mass is 9.86. The summed E-state index contributed by atoms with van der Waals surface area (Å²) >= 11 is 0. The summed E-state index contributed by atoms with van der Waals surface area (Å²) in [5.74, 6) is 0. The molecule has 2 nitrogen and oxygen atoms in total. The summed E-state index contributed by atoms with van der Waals surface area (Å²) in [4.78, 5) is 2.44. The van der Waals surface area contributed by atoms with Crippen LogP contribution in [0.15, 0.2) is 0 Å². The first kappa shape index (κ1) is 14.9. The smallest absolute Gasteiger partial charge is 0.0206 e. The van der Waals surface area contributed by atoms with E-state index in [4.69, 9.17) is 0 Å². The molecule has 1 spiro atoms. The topological polar surface area (TPSA) is 15.3 Å². The summed E-state index contributed by atoms with van der Waals surface area (Å²) in [7, 11) is 2.22. The summed E-state index contributed by atoms with van der Waals surface area (Å²) < 4.78 is 0. The first-order chi connectivity index (χ1) is 7.31. The summed E-state index contributed by atoms with van der Waals surface area (Å²) in [6.07, 6.45) is 5.54. The summed E-state index contributed by atoms with van der Waals surface area (Å²) in [5, 5.41) is 3.67. The summed E-state index contributed by atoms with van der Waals surface area (Å²) in [6, 6.07) is 0. The van der Waals surface area contributed by atoms with Gasteiger partial charge in [0.15, 0.2) is 0 Å². The molecule has 0 atom stereocenters. The molecule has 2 saturated heterocycles. The van der Waals surface area contributed by atoms with Crippen molar-refractivity contribution >= 4 is 0 Å². The van der Waals surface area contributed by atoms with Gasteiger partial charge in [-0.3, -0.25) is 0 Å². The minimum absolute atomic E-state index is 0.562. The zero-order chi connectivity index (χ0) is 11.7. The fraction of sp³-hybridized carbons (Fsp3) is 1.00. The molecule has 2 heterocycles. The van der Waals surface area contributed by atoms with E-state index >= 15 is 0 Å². The Kier molecular flexibility index (Phi) is 8.07. The van der Waals surface area contributed by atoms with E-state index < -0.39 is 0 Å². The predicted molar refractivity (Wildman–Crippen MR) is 69.4 cm³/mol. The molecular weight excluding hydrogens is 184 g/mol. The second-order valence-electron chi connectivity index (χ2n) is 4.11. The van der Waals surface area contributed by atoms with Crippen molar-refractivity contribution in [3.05, 3.63) is 0 Å². The van der Waals surface area contributed by atoms with E-state index in [1.807, 2.05) is 27.7 Å². The van der Waals surface area contributed by atoms with Crippen LogP contribution >= 0.6 is 0 Å². The number of nitrogens with one attached hydrogen (secondary N) is 1. The van der Waals surface area contributed by atoms with Gasteiger partial charge in [0, 0.05) is 5.54 Å². The third-order valence-corrected chi connectivity index (χ3v) is 3.28. The van der Waals surface area contributed by atoms with Gasteiger partial charge in [-0.2, -0.15) is 0 Å². The van der Waals surface area contributed by atoms with Gasteiger partial charge >= 0.3 is 0 Å². The number of likely N-dealkylation sites (tertiary alicyclic amines) is 1. The van der Waals surface area contributed by atoms with Gasteiger partial charge in [0.1, 0.15) is 0 Å². The molecule has 2 heteroatoms. The third-order valence-electron chi connectivity index (χ3n) is 3.28. The fourth-order valence-electron chi connectivity index (χ4n) is 2.34. The van der Waals surface area contributed by atoms with E-state index in [1.54, 1.807) is 0 Å². The van der Waals surface area contributed by atoms with Crippen molar-refractivity contribution in [3.63, 3.8) is 0 Å². The van der Waals surface area contributed by atoms with E-state index in [0.717, 1.165) is 0 Å². The Morgan fingerprint density at radius 3 is 1.87 bits per heavy atom. The molecule has 0 amide bonds. The Hall–Kier alpha value is -0.0800. The molecule has 2 fully saturated rings. The van der Waals surface area contributed by atoms with E-state index in [2.05, 4.69) is 17.3 Å². The van der Waals surface area contributed by atoms with Gasteiger partial charge in [0.2, 0.25) is 0 Å². The molecule has 1 N–H and O–H groups in total. The highest BCUT2D eigenvalue weighted by Crippen LogP contribution is 2.29. The third kappa shape index (κ3) is 4.52. The molecule has 0 aliphatic carbocycles. The number of rotatable bonds is 0. The lowest BCUT2D eigenvalue weighted by Gasteiger charge is -2.37. The summed E-state index contributed by atoms with van der Waals surface area (Å²) in [5.41, 5.74) is 0.562. The van der Waals surface area contributed by atoms with Crippen molar-refractivity contribution in [2.45, 2.75) is 58.9 Å². The fourth-order valence-corrected chi connectivity index (χ4v) is 2.34. The van der Waals surface area contributed by atoms with Gasteiger partial charge in [-0.05, 0) is 52.4 Å². The van der Waals surface area contributed by atoms with Gasteiger partial charge in [-0.1, -0.05) is 27.7 Å². The van der Waals surface area contributed by atoms with Gasteiger partial charge in [-0.25, -0.2) is 0 Å². The lowest BCUT2D eigenvalue weighted by molar-refractivity contribution is 0.174. The lowest BCUT2D eigenvalue weighted by Crippen LogP contribution is -2.48. The van der Waals surface area contributed by atoms with Crippen LogP contribution in [0, 0.1) is 0 Å². The number of nitrogens with zero attached hydrogens (tertiary/aromatic N) is 1. The van der Waals surface area contributed by atoms with Crippen LogP contribution in [0.2, 0.25) is 0 Å². The zero-order valence-electron chi connectivity index (χ0n) is 11.4. The molecule has 0 aromatic heterocycles. The molecule has 0 saturated carbocycles. The minimum atomic E-state index is 0.562. The van der Waals surface area contributed by atoms with Crippen molar-refractivity contribution in [1.29, 1.82) is 0 Å². The van der Waals surface area contributed by atoms with Crippen molar-refractivity contribution < 1.29 is 0 Å². The van der Waals surface area contributed by atoms with E-state index in [1.165, 1.54) is 45.3 Å². The van der Waals surface area contributed by atoms with Crippen LogP contribution in [0.1, 0.15) is 53.4 Å². The van der Waals surface area contributed by atoms with Crippen molar-refractivity contribution in [2.75, 3.05) is 26.7 Å². The average molecular weight is 214 g/mol. The van der Waals surface area contributed by atoms with E-state index in [-0.39, 0.29) is 0 Å². The van der Waals surface area contributed by atoms with Crippen LogP contribution in [0.25, 0.3) is 0 Å². The Morgan fingerprint density at radius 2 is 1.47 bits per heavy atom. The summed E-state index contributed by atoms with van der Waals surface area (Å²) in [6.45, 7) is 11.8. The molecule has 0 unspecified atom stereocenters. The van der Waals surface area contributed by atoms with Crippen LogP contribution in [0.3, 0.4) is 0 Å². The maximum atomic E-state index is 3.67. The highest BCUT2D eigenvalue weighted by molar-refractivity contribution is 4.96. The van der Waals surface area contributed by atoms with Crippen molar-refractivity contribution in [2.24, 2.45) is 0 Å². The van der Waals surface area contributed by atoms with Crippen LogP contribution in [0.4, 0.5) is 0 Å². The minimum Gasteiger partial charge on any atom is -0.311 e. The molecule has 0 bridgehead atoms. The highest BCUT2D eigenvalue weighted by Gasteiger charge is 2.35. The first-order valence-corrected chi connectivity index (χ1v) is 6.74. The molecule has 2 aliphatic heterocycles. The normalized spacial score (nSPS) is 23.8. The van der Waals surface area contributed by atoms with Gasteiger partial charge in [-0.15, -0.1) is 0 Å². The maximum Gasteiger partial charge on any atom is 0.0206 e. The largest absolute Gasteiger partial charge is 0.311 e. The molecule has 92 valence electrons. The maximum absolute atomic E-state index is 3.67. The van der Waals surface area contributed by atoms with E-state index in [9.17, 15) is 0 Å².